The van der Waals surface area contributed by atoms with Gasteiger partial charge >= 0.3 is 0 Å². The molecule has 0 radical (unpaired) electrons. The Balaban J connectivity index is 0.00000324. The van der Waals surface area contributed by atoms with Gasteiger partial charge in [0.15, 0.2) is 11.5 Å². The second-order valence-electron chi connectivity index (χ2n) is 4.23. The third-order valence-electron chi connectivity index (χ3n) is 2.84. The summed E-state index contributed by atoms with van der Waals surface area (Å²) in [5.74, 6) is 1.30. The highest BCUT2D eigenvalue weighted by atomic mass is 35.5. The molecule has 0 heterocycles. The molecular formula is C14H23Cl2NO2. The van der Waals surface area contributed by atoms with Crippen LogP contribution in [0.2, 0.25) is 5.02 Å². The van der Waals surface area contributed by atoms with Crippen molar-refractivity contribution >= 4 is 24.0 Å². The maximum Gasteiger partial charge on any atom is 0.179 e. The van der Waals surface area contributed by atoms with Crippen LogP contribution < -0.4 is 14.8 Å². The number of hydrogen-bond acceptors (Lipinski definition) is 3. The number of rotatable bonds is 7. The first-order chi connectivity index (χ1) is 8.62. The average molecular weight is 308 g/mol. The summed E-state index contributed by atoms with van der Waals surface area (Å²) in [7, 11) is 1.60. The van der Waals surface area contributed by atoms with E-state index < -0.39 is 0 Å². The maximum atomic E-state index is 6.19. The Morgan fingerprint density at radius 2 is 2.00 bits per heavy atom. The van der Waals surface area contributed by atoms with Gasteiger partial charge in [-0.05, 0) is 38.0 Å². The van der Waals surface area contributed by atoms with Crippen molar-refractivity contribution in [3.63, 3.8) is 0 Å². The first-order valence-corrected chi connectivity index (χ1v) is 6.72. The third kappa shape index (κ3) is 5.47. The van der Waals surface area contributed by atoms with Crippen molar-refractivity contribution in [3.05, 3.63) is 22.7 Å². The molecule has 1 rings (SSSR count). The molecule has 1 aromatic rings. The van der Waals surface area contributed by atoms with Crippen LogP contribution in [-0.4, -0.2) is 19.8 Å². The summed E-state index contributed by atoms with van der Waals surface area (Å²) in [5.41, 5.74) is 1.10. The van der Waals surface area contributed by atoms with Gasteiger partial charge in [-0.15, -0.1) is 12.4 Å². The minimum Gasteiger partial charge on any atom is -0.491 e. The van der Waals surface area contributed by atoms with Crippen LogP contribution in [0.3, 0.4) is 0 Å². The van der Waals surface area contributed by atoms with Crippen LogP contribution in [0.15, 0.2) is 12.1 Å². The zero-order valence-corrected chi connectivity index (χ0v) is 13.5. The lowest BCUT2D eigenvalue weighted by Crippen LogP contribution is -2.24. The Kier molecular flexibility index (Phi) is 8.98. The highest BCUT2D eigenvalue weighted by Crippen LogP contribution is 2.36. The van der Waals surface area contributed by atoms with Crippen molar-refractivity contribution in [1.29, 1.82) is 0 Å². The monoisotopic (exact) mass is 307 g/mol. The van der Waals surface area contributed by atoms with E-state index in [9.17, 15) is 0 Å². The maximum absolute atomic E-state index is 6.19. The summed E-state index contributed by atoms with van der Waals surface area (Å²) < 4.78 is 10.8. The lowest BCUT2D eigenvalue weighted by atomic mass is 10.1. The molecule has 0 aliphatic rings. The summed E-state index contributed by atoms with van der Waals surface area (Å²) in [6.07, 6.45) is 1.10. The molecule has 0 aliphatic carbocycles. The Labute approximate surface area is 127 Å². The molecule has 5 heteroatoms. The predicted molar refractivity (Wildman–Crippen MR) is 83.0 cm³/mol. The smallest absolute Gasteiger partial charge is 0.179 e. The first kappa shape index (κ1) is 18.4. The van der Waals surface area contributed by atoms with Gasteiger partial charge in [0.25, 0.3) is 0 Å². The fourth-order valence-electron chi connectivity index (χ4n) is 1.62. The number of halogens is 2. The average Bonchev–Trinajstić information content (AvgIpc) is 2.36. The fraction of sp³-hybridized carbons (Fsp3) is 0.571. The van der Waals surface area contributed by atoms with Crippen molar-refractivity contribution in [2.75, 3.05) is 13.7 Å². The second-order valence-corrected chi connectivity index (χ2v) is 4.64. The molecule has 0 amide bonds. The van der Waals surface area contributed by atoms with Gasteiger partial charge in [0.2, 0.25) is 0 Å². The lowest BCUT2D eigenvalue weighted by Gasteiger charge is -2.15. The molecular weight excluding hydrogens is 285 g/mol. The van der Waals surface area contributed by atoms with Gasteiger partial charge < -0.3 is 14.8 Å². The molecule has 3 nitrogen and oxygen atoms in total. The minimum absolute atomic E-state index is 0. The lowest BCUT2D eigenvalue weighted by molar-refractivity contribution is 0.310. The van der Waals surface area contributed by atoms with E-state index >= 15 is 0 Å². The van der Waals surface area contributed by atoms with E-state index in [1.165, 1.54) is 0 Å². The van der Waals surface area contributed by atoms with Crippen molar-refractivity contribution in [1.82, 2.24) is 5.32 Å². The van der Waals surface area contributed by atoms with Crippen molar-refractivity contribution in [2.24, 2.45) is 0 Å². The zero-order valence-electron chi connectivity index (χ0n) is 12.0. The van der Waals surface area contributed by atoms with E-state index in [2.05, 4.69) is 19.2 Å². The Bertz CT molecular complexity index is 386. The zero-order chi connectivity index (χ0) is 13.5. The third-order valence-corrected chi connectivity index (χ3v) is 3.12. The van der Waals surface area contributed by atoms with E-state index in [4.69, 9.17) is 21.1 Å². The molecule has 0 saturated heterocycles. The number of hydrogen-bond donors (Lipinski definition) is 1. The highest BCUT2D eigenvalue weighted by molar-refractivity contribution is 6.32. The molecule has 19 heavy (non-hydrogen) atoms. The molecule has 0 aliphatic heterocycles. The highest BCUT2D eigenvalue weighted by Gasteiger charge is 2.11. The fourth-order valence-corrected chi connectivity index (χ4v) is 1.93. The van der Waals surface area contributed by atoms with Gasteiger partial charge in [-0.3, -0.25) is 0 Å². The standard InChI is InChI=1S/C14H22ClNO2.ClH/c1-5-10(3)16-9-11-7-12(15)14(17-4)13(8-11)18-6-2;/h7-8,10,16H,5-6,9H2,1-4H3;1H. The molecule has 1 aromatic carbocycles. The van der Waals surface area contributed by atoms with Crippen LogP contribution in [0.4, 0.5) is 0 Å². The topological polar surface area (TPSA) is 30.5 Å². The molecule has 0 bridgehead atoms. The van der Waals surface area contributed by atoms with Gasteiger partial charge in [-0.25, -0.2) is 0 Å². The summed E-state index contributed by atoms with van der Waals surface area (Å²) in [6, 6.07) is 4.38. The quantitative estimate of drug-likeness (QED) is 0.824. The van der Waals surface area contributed by atoms with Gasteiger partial charge in [0.1, 0.15) is 0 Å². The summed E-state index contributed by atoms with van der Waals surface area (Å²) in [4.78, 5) is 0. The molecule has 0 saturated carbocycles. The van der Waals surface area contributed by atoms with E-state index in [0.29, 0.717) is 29.2 Å². The van der Waals surface area contributed by atoms with E-state index in [0.717, 1.165) is 18.5 Å². The Morgan fingerprint density at radius 1 is 1.32 bits per heavy atom. The van der Waals surface area contributed by atoms with Gasteiger partial charge in [-0.2, -0.15) is 0 Å². The predicted octanol–water partition coefficient (Wildman–Crippen LogP) is 4.06. The Morgan fingerprint density at radius 3 is 2.53 bits per heavy atom. The van der Waals surface area contributed by atoms with Crippen LogP contribution >= 0.6 is 24.0 Å². The van der Waals surface area contributed by atoms with E-state index in [-0.39, 0.29) is 12.4 Å². The summed E-state index contributed by atoms with van der Waals surface area (Å²) in [6.45, 7) is 7.63. The molecule has 0 aromatic heterocycles. The van der Waals surface area contributed by atoms with Crippen molar-refractivity contribution < 1.29 is 9.47 Å². The van der Waals surface area contributed by atoms with E-state index in [1.807, 2.05) is 19.1 Å². The summed E-state index contributed by atoms with van der Waals surface area (Å²) >= 11 is 6.19. The number of ether oxygens (including phenoxy) is 2. The van der Waals surface area contributed by atoms with Crippen LogP contribution in [-0.2, 0) is 6.54 Å². The normalized spacial score (nSPS) is 11.6. The SMILES string of the molecule is CCOc1cc(CNC(C)CC)cc(Cl)c1OC.Cl. The number of benzene rings is 1. The van der Waals surface area contributed by atoms with Crippen molar-refractivity contribution in [3.8, 4) is 11.5 Å². The Hall–Kier alpha value is -0.640. The largest absolute Gasteiger partial charge is 0.491 e. The molecule has 1 N–H and O–H groups in total. The molecule has 0 spiro atoms. The minimum atomic E-state index is 0. The van der Waals surface area contributed by atoms with Crippen LogP contribution in [0.5, 0.6) is 11.5 Å². The van der Waals surface area contributed by atoms with Crippen LogP contribution in [0.1, 0.15) is 32.8 Å². The molecule has 1 unspecified atom stereocenters. The second kappa shape index (κ2) is 9.29. The van der Waals surface area contributed by atoms with Crippen LogP contribution in [0.25, 0.3) is 0 Å². The molecule has 0 fully saturated rings. The van der Waals surface area contributed by atoms with Gasteiger partial charge in [-0.1, -0.05) is 18.5 Å². The van der Waals surface area contributed by atoms with Crippen molar-refractivity contribution in [2.45, 2.75) is 39.8 Å². The number of methoxy groups -OCH3 is 1. The van der Waals surface area contributed by atoms with Gasteiger partial charge in [0, 0.05) is 12.6 Å². The first-order valence-electron chi connectivity index (χ1n) is 6.34. The number of nitrogens with one attached hydrogen (secondary N) is 1. The van der Waals surface area contributed by atoms with Crippen LogP contribution in [0, 0.1) is 0 Å². The van der Waals surface area contributed by atoms with E-state index in [1.54, 1.807) is 7.11 Å². The summed E-state index contributed by atoms with van der Waals surface area (Å²) in [5, 5.41) is 4.01. The van der Waals surface area contributed by atoms with Gasteiger partial charge in [0.05, 0.1) is 18.7 Å². The molecule has 1 atom stereocenters. The molecule has 110 valence electrons.